The molecule has 3 nitrogen and oxygen atoms in total. The quantitative estimate of drug-likeness (QED) is 0.756. The molecule has 0 unspecified atom stereocenters. The minimum absolute atomic E-state index is 0.134. The van der Waals surface area contributed by atoms with Gasteiger partial charge in [0.05, 0.1) is 6.54 Å². The number of alkyl halides is 1. The van der Waals surface area contributed by atoms with Crippen molar-refractivity contribution >= 4 is 21.8 Å². The van der Waals surface area contributed by atoms with Crippen molar-refractivity contribution < 1.29 is 9.53 Å². The zero-order valence-electron chi connectivity index (χ0n) is 10.3. The van der Waals surface area contributed by atoms with E-state index < -0.39 is 0 Å². The minimum atomic E-state index is 0.134. The first kappa shape index (κ1) is 14.0. The van der Waals surface area contributed by atoms with Crippen LogP contribution in [-0.2, 0) is 4.79 Å². The third kappa shape index (κ3) is 4.77. The Bertz CT molecular complexity index is 368. The average Bonchev–Trinajstić information content (AvgIpc) is 2.31. The van der Waals surface area contributed by atoms with E-state index in [4.69, 9.17) is 4.74 Å². The van der Waals surface area contributed by atoms with Crippen LogP contribution in [-0.4, -0.2) is 36.3 Å². The van der Waals surface area contributed by atoms with E-state index in [1.54, 1.807) is 11.9 Å². The lowest BCUT2D eigenvalue weighted by atomic mass is 10.2. The van der Waals surface area contributed by atoms with Crippen LogP contribution in [0.15, 0.2) is 24.3 Å². The molecule has 0 bridgehead atoms. The van der Waals surface area contributed by atoms with E-state index in [1.807, 2.05) is 31.2 Å². The molecule has 17 heavy (non-hydrogen) atoms. The van der Waals surface area contributed by atoms with Crippen LogP contribution in [0.3, 0.4) is 0 Å². The van der Waals surface area contributed by atoms with Gasteiger partial charge in [-0.2, -0.15) is 0 Å². The van der Waals surface area contributed by atoms with Crippen molar-refractivity contribution in [1.82, 2.24) is 4.90 Å². The molecule has 0 saturated heterocycles. The molecule has 0 N–H and O–H groups in total. The number of rotatable bonds is 6. The summed E-state index contributed by atoms with van der Waals surface area (Å²) in [6.07, 6.45) is 0.529. The lowest BCUT2D eigenvalue weighted by Crippen LogP contribution is -2.30. The van der Waals surface area contributed by atoms with Gasteiger partial charge in [0.25, 0.3) is 0 Å². The van der Waals surface area contributed by atoms with Gasteiger partial charge in [-0.15, -0.1) is 0 Å². The largest absolute Gasteiger partial charge is 0.491 e. The van der Waals surface area contributed by atoms with Gasteiger partial charge in [-0.05, 0) is 18.6 Å². The summed E-state index contributed by atoms with van der Waals surface area (Å²) in [5.74, 6) is 1.02. The molecule has 0 aromatic heterocycles. The maximum absolute atomic E-state index is 11.5. The Labute approximate surface area is 111 Å². The summed E-state index contributed by atoms with van der Waals surface area (Å²) in [6, 6.07) is 7.88. The fourth-order valence-electron chi connectivity index (χ4n) is 1.41. The van der Waals surface area contributed by atoms with Crippen molar-refractivity contribution in [3.63, 3.8) is 0 Å². The number of likely N-dealkylation sites (N-methyl/N-ethyl adjacent to an activating group) is 1. The van der Waals surface area contributed by atoms with E-state index in [0.717, 1.165) is 11.3 Å². The topological polar surface area (TPSA) is 29.5 Å². The Kier molecular flexibility index (Phi) is 6.05. The van der Waals surface area contributed by atoms with Gasteiger partial charge in [0.2, 0.25) is 5.91 Å². The summed E-state index contributed by atoms with van der Waals surface area (Å²) in [4.78, 5) is 13.2. The van der Waals surface area contributed by atoms with Gasteiger partial charge in [0.15, 0.2) is 0 Å². The smallest absolute Gasteiger partial charge is 0.223 e. The molecule has 1 aromatic rings. The standard InChI is InChI=1S/C13H18BrNO2/c1-11-5-3-4-6-12(11)17-10-9-15(2)13(16)7-8-14/h3-6H,7-10H2,1-2H3. The summed E-state index contributed by atoms with van der Waals surface area (Å²) in [5, 5.41) is 0.703. The molecule has 0 heterocycles. The van der Waals surface area contributed by atoms with E-state index >= 15 is 0 Å². The molecule has 4 heteroatoms. The second-order valence-corrected chi connectivity index (χ2v) is 4.66. The number of para-hydroxylation sites is 1. The van der Waals surface area contributed by atoms with Crippen LogP contribution >= 0.6 is 15.9 Å². The molecule has 1 amide bonds. The zero-order chi connectivity index (χ0) is 12.7. The van der Waals surface area contributed by atoms with E-state index in [2.05, 4.69) is 15.9 Å². The van der Waals surface area contributed by atoms with Crippen LogP contribution in [0.1, 0.15) is 12.0 Å². The molecule has 0 atom stereocenters. The first-order valence-corrected chi connectivity index (χ1v) is 6.75. The highest BCUT2D eigenvalue weighted by atomic mass is 79.9. The molecule has 0 aliphatic heterocycles. The SMILES string of the molecule is Cc1ccccc1OCCN(C)C(=O)CCBr. The van der Waals surface area contributed by atoms with Gasteiger partial charge in [-0.1, -0.05) is 34.1 Å². The number of halogens is 1. The first-order valence-electron chi connectivity index (χ1n) is 5.63. The molecule has 0 aliphatic rings. The van der Waals surface area contributed by atoms with Crippen LogP contribution in [0.25, 0.3) is 0 Å². The van der Waals surface area contributed by atoms with Gasteiger partial charge in [-0.3, -0.25) is 4.79 Å². The van der Waals surface area contributed by atoms with Gasteiger partial charge in [0.1, 0.15) is 12.4 Å². The fraction of sp³-hybridized carbons (Fsp3) is 0.462. The summed E-state index contributed by atoms with van der Waals surface area (Å²) >= 11 is 3.25. The number of carbonyl (C=O) groups is 1. The second kappa shape index (κ2) is 7.33. The molecule has 0 radical (unpaired) electrons. The van der Waals surface area contributed by atoms with Gasteiger partial charge in [0, 0.05) is 18.8 Å². The normalized spacial score (nSPS) is 10.1. The van der Waals surface area contributed by atoms with E-state index in [0.29, 0.717) is 24.9 Å². The summed E-state index contributed by atoms with van der Waals surface area (Å²) in [7, 11) is 1.80. The third-order valence-corrected chi connectivity index (χ3v) is 2.91. The number of hydrogen-bond donors (Lipinski definition) is 0. The molecular weight excluding hydrogens is 282 g/mol. The second-order valence-electron chi connectivity index (χ2n) is 3.87. The molecular formula is C13H18BrNO2. The average molecular weight is 300 g/mol. The van der Waals surface area contributed by atoms with Gasteiger partial charge < -0.3 is 9.64 Å². The Hall–Kier alpha value is -1.03. The maximum atomic E-state index is 11.5. The number of carbonyl (C=O) groups excluding carboxylic acids is 1. The lowest BCUT2D eigenvalue weighted by Gasteiger charge is -2.17. The molecule has 94 valence electrons. The van der Waals surface area contributed by atoms with E-state index in [-0.39, 0.29) is 5.91 Å². The Balaban J connectivity index is 2.33. The Morgan fingerprint density at radius 3 is 2.76 bits per heavy atom. The Morgan fingerprint density at radius 1 is 1.41 bits per heavy atom. The van der Waals surface area contributed by atoms with Crippen molar-refractivity contribution in [3.8, 4) is 5.75 Å². The van der Waals surface area contributed by atoms with Crippen molar-refractivity contribution in [2.45, 2.75) is 13.3 Å². The molecule has 1 rings (SSSR count). The van der Waals surface area contributed by atoms with Gasteiger partial charge in [-0.25, -0.2) is 0 Å². The van der Waals surface area contributed by atoms with Gasteiger partial charge >= 0.3 is 0 Å². The highest BCUT2D eigenvalue weighted by Gasteiger charge is 2.07. The van der Waals surface area contributed by atoms with Crippen LogP contribution in [0.5, 0.6) is 5.75 Å². The van der Waals surface area contributed by atoms with Crippen LogP contribution in [0.4, 0.5) is 0 Å². The van der Waals surface area contributed by atoms with Crippen molar-refractivity contribution in [2.75, 3.05) is 25.5 Å². The van der Waals surface area contributed by atoms with Crippen molar-refractivity contribution in [1.29, 1.82) is 0 Å². The predicted molar refractivity (Wildman–Crippen MR) is 72.7 cm³/mol. The number of aryl methyl sites for hydroxylation is 1. The molecule has 0 aliphatic carbocycles. The van der Waals surface area contributed by atoms with E-state index in [9.17, 15) is 4.79 Å². The van der Waals surface area contributed by atoms with Crippen LogP contribution < -0.4 is 4.74 Å². The maximum Gasteiger partial charge on any atom is 0.223 e. The number of nitrogens with zero attached hydrogens (tertiary/aromatic N) is 1. The minimum Gasteiger partial charge on any atom is -0.491 e. The predicted octanol–water partition coefficient (Wildman–Crippen LogP) is 2.62. The molecule has 0 fully saturated rings. The fourth-order valence-corrected chi connectivity index (χ4v) is 1.75. The molecule has 1 aromatic carbocycles. The monoisotopic (exact) mass is 299 g/mol. The highest BCUT2D eigenvalue weighted by molar-refractivity contribution is 9.09. The molecule has 0 saturated carbocycles. The first-order chi connectivity index (χ1) is 8.15. The number of benzene rings is 1. The Morgan fingerprint density at radius 2 is 2.12 bits per heavy atom. The number of amides is 1. The summed E-state index contributed by atoms with van der Waals surface area (Å²) in [6.45, 7) is 3.14. The van der Waals surface area contributed by atoms with Crippen LogP contribution in [0.2, 0.25) is 0 Å². The third-order valence-electron chi connectivity index (χ3n) is 2.51. The lowest BCUT2D eigenvalue weighted by molar-refractivity contribution is -0.129. The molecule has 0 spiro atoms. The van der Waals surface area contributed by atoms with E-state index in [1.165, 1.54) is 0 Å². The summed E-state index contributed by atoms with van der Waals surface area (Å²) < 4.78 is 5.63. The van der Waals surface area contributed by atoms with Crippen LogP contribution in [0, 0.1) is 6.92 Å². The number of ether oxygens (including phenoxy) is 1. The van der Waals surface area contributed by atoms with Crippen molar-refractivity contribution in [3.05, 3.63) is 29.8 Å². The summed E-state index contributed by atoms with van der Waals surface area (Å²) in [5.41, 5.74) is 1.11. The van der Waals surface area contributed by atoms with Crippen molar-refractivity contribution in [2.24, 2.45) is 0 Å². The number of hydrogen-bond acceptors (Lipinski definition) is 2. The zero-order valence-corrected chi connectivity index (χ0v) is 11.9. The highest BCUT2D eigenvalue weighted by Crippen LogP contribution is 2.15.